The van der Waals surface area contributed by atoms with Gasteiger partial charge in [0, 0.05) is 31.0 Å². The third kappa shape index (κ3) is 5.66. The highest BCUT2D eigenvalue weighted by molar-refractivity contribution is 6.22. The highest BCUT2D eigenvalue weighted by Gasteiger charge is 2.60. The minimum Gasteiger partial charge on any atom is -0.508 e. The number of fused-ring (bicyclic) bond motifs is 3. The maximum atomic E-state index is 13.8. The van der Waals surface area contributed by atoms with E-state index in [1.807, 2.05) is 6.07 Å². The topological polar surface area (TPSA) is 170 Å². The summed E-state index contributed by atoms with van der Waals surface area (Å²) in [5.74, 6) is -6.07. The molecule has 7 N–H and O–H groups in total. The molecule has 1 aromatic carbocycles. The minimum absolute atomic E-state index is 0.0365. The van der Waals surface area contributed by atoms with Gasteiger partial charge in [0.2, 0.25) is 5.78 Å². The van der Waals surface area contributed by atoms with Crippen molar-refractivity contribution in [2.24, 2.45) is 28.4 Å². The lowest BCUT2D eigenvalue weighted by atomic mass is 9.59. The molecule has 0 spiro atoms. The number of aliphatic hydroxyl groups excluding tert-OH is 2. The predicted molar refractivity (Wildman–Crippen MR) is 155 cm³/mol. The Hall–Kier alpha value is -3.17. The Bertz CT molecular complexity index is 1360. The fourth-order valence-corrected chi connectivity index (χ4v) is 6.56. The number of rotatable bonds is 7. The van der Waals surface area contributed by atoms with Gasteiger partial charge in [-0.1, -0.05) is 47.6 Å². The first-order valence-corrected chi connectivity index (χ1v) is 14.4. The van der Waals surface area contributed by atoms with Gasteiger partial charge in [-0.05, 0) is 65.5 Å². The molecule has 41 heavy (non-hydrogen) atoms. The molecular formula is C32H44N2O7. The number of nitrogens with one attached hydrogen (secondary N) is 1. The van der Waals surface area contributed by atoms with Crippen molar-refractivity contribution in [2.75, 3.05) is 6.54 Å². The number of benzene rings is 1. The molecule has 1 aromatic rings. The SMILES string of the molecule is CC(C)(C)CCCc1cc(CNCC(C)(C)C)c2c(c1O)C(O)=C1C(=O)[C@]3(O)C(O)=C(C(N)=O)C(=O)C[C@@H]3C[C@@H]1C2. The van der Waals surface area contributed by atoms with Gasteiger partial charge in [-0.25, -0.2) is 0 Å². The fourth-order valence-electron chi connectivity index (χ4n) is 6.56. The summed E-state index contributed by atoms with van der Waals surface area (Å²) < 4.78 is 0. The zero-order valence-electron chi connectivity index (χ0n) is 25.0. The summed E-state index contributed by atoms with van der Waals surface area (Å²) in [5, 5.41) is 48.8. The molecule has 3 atom stereocenters. The number of ketones is 2. The third-order valence-electron chi connectivity index (χ3n) is 8.58. The van der Waals surface area contributed by atoms with Gasteiger partial charge in [0.25, 0.3) is 5.91 Å². The van der Waals surface area contributed by atoms with Gasteiger partial charge in [-0.3, -0.25) is 14.4 Å². The second-order valence-corrected chi connectivity index (χ2v) is 14.4. The number of aromatic hydroxyl groups is 1. The van der Waals surface area contributed by atoms with E-state index in [2.05, 4.69) is 46.9 Å². The lowest BCUT2D eigenvalue weighted by molar-refractivity contribution is -0.147. The van der Waals surface area contributed by atoms with Crippen LogP contribution in [-0.4, -0.2) is 50.0 Å². The number of aryl methyl sites for hydroxylation is 1. The Kier molecular flexibility index (Phi) is 7.95. The first-order chi connectivity index (χ1) is 18.9. The van der Waals surface area contributed by atoms with Crippen molar-refractivity contribution in [3.05, 3.63) is 45.2 Å². The number of amides is 1. The van der Waals surface area contributed by atoms with Crippen LogP contribution >= 0.6 is 0 Å². The Morgan fingerprint density at radius 1 is 1.05 bits per heavy atom. The second-order valence-electron chi connectivity index (χ2n) is 14.4. The molecule has 0 radical (unpaired) electrons. The van der Waals surface area contributed by atoms with Crippen LogP contribution in [-0.2, 0) is 33.8 Å². The van der Waals surface area contributed by atoms with Crippen molar-refractivity contribution in [2.45, 2.75) is 92.2 Å². The molecule has 0 unspecified atom stereocenters. The standard InChI is InChI=1S/C32H44N2O7/c1-30(2,3)9-7-8-16-10-18(14-34-15-31(4,5)6)20-12-17-11-19-13-21(35)24(29(33)40)28(39)32(19,41)27(38)22(17)26(37)23(20)25(16)36/h10,17,19,34,36-37,39,41H,7-9,11-15H2,1-6H3,(H2,33,40)/t17-,19+,32+/m1/s1. The normalized spacial score (nSPS) is 24.8. The summed E-state index contributed by atoms with van der Waals surface area (Å²) in [7, 11) is 0. The van der Waals surface area contributed by atoms with Crippen LogP contribution in [0.5, 0.6) is 5.75 Å². The molecule has 9 heteroatoms. The number of phenolic OH excluding ortho intramolecular Hbond substituents is 1. The lowest BCUT2D eigenvalue weighted by Crippen LogP contribution is -2.58. The quantitative estimate of drug-likeness (QED) is 0.269. The summed E-state index contributed by atoms with van der Waals surface area (Å²) in [6.07, 6.45) is 2.40. The van der Waals surface area contributed by atoms with E-state index in [1.54, 1.807) is 0 Å². The van der Waals surface area contributed by atoms with Gasteiger partial charge >= 0.3 is 0 Å². The van der Waals surface area contributed by atoms with E-state index in [0.29, 0.717) is 30.5 Å². The molecular weight excluding hydrogens is 524 g/mol. The summed E-state index contributed by atoms with van der Waals surface area (Å²) >= 11 is 0. The Morgan fingerprint density at radius 3 is 2.29 bits per heavy atom. The molecule has 1 fully saturated rings. The number of phenols is 1. The summed E-state index contributed by atoms with van der Waals surface area (Å²) in [6, 6.07) is 1.98. The van der Waals surface area contributed by atoms with E-state index in [0.717, 1.165) is 24.9 Å². The van der Waals surface area contributed by atoms with Crippen LogP contribution in [0.1, 0.15) is 89.5 Å². The van der Waals surface area contributed by atoms with Crippen LogP contribution in [0.4, 0.5) is 0 Å². The van der Waals surface area contributed by atoms with Gasteiger partial charge in [0.05, 0.1) is 5.56 Å². The van der Waals surface area contributed by atoms with E-state index in [9.17, 15) is 34.8 Å². The number of carbonyl (C=O) groups excluding carboxylic acids is 3. The number of hydrogen-bond donors (Lipinski definition) is 6. The van der Waals surface area contributed by atoms with Crippen LogP contribution in [0, 0.1) is 22.7 Å². The zero-order valence-corrected chi connectivity index (χ0v) is 25.0. The molecule has 3 aliphatic rings. The fraction of sp³-hybridized carbons (Fsp3) is 0.594. The number of hydrogen-bond acceptors (Lipinski definition) is 8. The predicted octanol–water partition coefficient (Wildman–Crippen LogP) is 3.93. The van der Waals surface area contributed by atoms with Gasteiger partial charge in [-0.15, -0.1) is 0 Å². The molecule has 0 heterocycles. The monoisotopic (exact) mass is 568 g/mol. The molecule has 1 amide bonds. The molecule has 1 saturated carbocycles. The Labute approximate surface area is 241 Å². The maximum Gasteiger partial charge on any atom is 0.255 e. The number of Topliss-reactive ketones (excluding diaryl/α,β-unsaturated/α-hetero) is 2. The van der Waals surface area contributed by atoms with Gasteiger partial charge in [0.1, 0.15) is 22.8 Å². The average Bonchev–Trinajstić information content (AvgIpc) is 2.82. The summed E-state index contributed by atoms with van der Waals surface area (Å²) in [4.78, 5) is 38.3. The van der Waals surface area contributed by atoms with E-state index in [4.69, 9.17) is 5.73 Å². The summed E-state index contributed by atoms with van der Waals surface area (Å²) in [5.41, 5.74) is 4.41. The lowest BCUT2D eigenvalue weighted by Gasteiger charge is -2.46. The van der Waals surface area contributed by atoms with Gasteiger partial charge in [-0.2, -0.15) is 0 Å². The molecule has 224 valence electrons. The van der Waals surface area contributed by atoms with Crippen molar-refractivity contribution < 1.29 is 34.8 Å². The van der Waals surface area contributed by atoms with Crippen LogP contribution in [0.15, 0.2) is 23.0 Å². The number of aliphatic hydroxyl groups is 3. The average molecular weight is 569 g/mol. The first-order valence-electron chi connectivity index (χ1n) is 14.4. The van der Waals surface area contributed by atoms with Crippen LogP contribution in [0.25, 0.3) is 5.76 Å². The van der Waals surface area contributed by atoms with E-state index in [-0.39, 0.29) is 40.6 Å². The number of carbonyl (C=O) groups is 3. The molecule has 4 rings (SSSR count). The minimum atomic E-state index is -2.56. The van der Waals surface area contributed by atoms with E-state index < -0.39 is 52.0 Å². The largest absolute Gasteiger partial charge is 0.508 e. The van der Waals surface area contributed by atoms with E-state index in [1.165, 1.54) is 0 Å². The maximum absolute atomic E-state index is 13.8. The highest BCUT2D eigenvalue weighted by atomic mass is 16.3. The smallest absolute Gasteiger partial charge is 0.255 e. The molecule has 0 bridgehead atoms. The van der Waals surface area contributed by atoms with Crippen molar-refractivity contribution >= 4 is 23.2 Å². The van der Waals surface area contributed by atoms with Crippen molar-refractivity contribution in [1.82, 2.24) is 5.32 Å². The Morgan fingerprint density at radius 2 is 1.71 bits per heavy atom. The molecule has 0 saturated heterocycles. The molecule has 3 aliphatic carbocycles. The number of primary amides is 1. The third-order valence-corrected chi connectivity index (χ3v) is 8.58. The molecule has 9 nitrogen and oxygen atoms in total. The van der Waals surface area contributed by atoms with Crippen molar-refractivity contribution in [3.8, 4) is 5.75 Å². The van der Waals surface area contributed by atoms with Gasteiger partial charge in [0.15, 0.2) is 11.4 Å². The zero-order chi connectivity index (χ0) is 30.7. The highest BCUT2D eigenvalue weighted by Crippen LogP contribution is 2.52. The summed E-state index contributed by atoms with van der Waals surface area (Å²) in [6.45, 7) is 14.1. The molecule has 0 aromatic heterocycles. The molecule has 0 aliphatic heterocycles. The second kappa shape index (κ2) is 10.6. The van der Waals surface area contributed by atoms with Crippen LogP contribution < -0.4 is 11.1 Å². The van der Waals surface area contributed by atoms with Crippen LogP contribution in [0.3, 0.4) is 0 Å². The first kappa shape index (κ1) is 30.8. The van der Waals surface area contributed by atoms with Crippen LogP contribution in [0.2, 0.25) is 0 Å². The van der Waals surface area contributed by atoms with Crippen molar-refractivity contribution in [1.29, 1.82) is 0 Å². The van der Waals surface area contributed by atoms with Gasteiger partial charge < -0.3 is 31.5 Å². The van der Waals surface area contributed by atoms with E-state index >= 15 is 0 Å². The number of nitrogens with two attached hydrogens (primary N) is 1. The van der Waals surface area contributed by atoms with Crippen molar-refractivity contribution in [3.63, 3.8) is 0 Å². The Balaban J connectivity index is 1.83.